The van der Waals surface area contributed by atoms with Gasteiger partial charge >= 0.3 is 0 Å². The van der Waals surface area contributed by atoms with E-state index in [9.17, 15) is 9.65 Å². The molecular formula is C13H15FN2O. The average molecular weight is 234 g/mol. The number of halogens is 1. The van der Waals surface area contributed by atoms with Gasteiger partial charge in [0.2, 0.25) is 0 Å². The zero-order valence-corrected chi connectivity index (χ0v) is 9.77. The molecule has 0 aliphatic carbocycles. The van der Waals surface area contributed by atoms with Crippen LogP contribution in [0.5, 0.6) is 0 Å². The molecule has 0 amide bonds. The summed E-state index contributed by atoms with van der Waals surface area (Å²) in [4.78, 5) is 2.03. The molecule has 1 fully saturated rings. The fraction of sp³-hybridized carbons (Fsp3) is 0.462. The normalized spacial score (nSPS) is 23.0. The summed E-state index contributed by atoms with van der Waals surface area (Å²) in [6, 6.07) is 8.09. The van der Waals surface area contributed by atoms with Gasteiger partial charge in [-0.2, -0.15) is 5.26 Å². The molecule has 1 aromatic rings. The molecule has 90 valence electrons. The van der Waals surface area contributed by atoms with E-state index in [4.69, 9.17) is 4.74 Å². The maximum Gasteiger partial charge on any atom is 0.124 e. The van der Waals surface area contributed by atoms with E-state index in [1.807, 2.05) is 11.8 Å². The molecule has 0 saturated carbocycles. The first kappa shape index (κ1) is 12.0. The van der Waals surface area contributed by atoms with Crippen molar-refractivity contribution in [1.82, 2.24) is 4.90 Å². The summed E-state index contributed by atoms with van der Waals surface area (Å²) in [6.07, 6.45) is 0.119. The maximum atomic E-state index is 13.2. The molecule has 17 heavy (non-hydrogen) atoms. The van der Waals surface area contributed by atoms with Crippen LogP contribution in [-0.2, 0) is 4.74 Å². The van der Waals surface area contributed by atoms with Crippen LogP contribution in [0.2, 0.25) is 0 Å². The molecule has 0 N–H and O–H groups in total. The summed E-state index contributed by atoms with van der Waals surface area (Å²) in [5, 5.41) is 9.25. The number of morpholine rings is 1. The van der Waals surface area contributed by atoms with Gasteiger partial charge in [-0.3, -0.25) is 4.90 Å². The van der Waals surface area contributed by atoms with Gasteiger partial charge in [0.25, 0.3) is 0 Å². The minimum Gasteiger partial charge on any atom is -0.376 e. The fourth-order valence-corrected chi connectivity index (χ4v) is 2.12. The second-order valence-electron chi connectivity index (χ2n) is 4.26. The molecule has 4 heteroatoms. The minimum absolute atomic E-state index is 0.119. The van der Waals surface area contributed by atoms with Gasteiger partial charge in [0, 0.05) is 13.1 Å². The van der Waals surface area contributed by atoms with Crippen molar-refractivity contribution < 1.29 is 9.13 Å². The molecule has 1 aliphatic rings. The summed E-state index contributed by atoms with van der Waals surface area (Å²) >= 11 is 0. The molecular weight excluding hydrogens is 219 g/mol. The topological polar surface area (TPSA) is 36.3 Å². The Kier molecular flexibility index (Phi) is 3.72. The van der Waals surface area contributed by atoms with Crippen LogP contribution >= 0.6 is 0 Å². The van der Waals surface area contributed by atoms with Crippen LogP contribution < -0.4 is 0 Å². The molecule has 1 aliphatic heterocycles. The Bertz CT molecular complexity index is 430. The van der Waals surface area contributed by atoms with Crippen LogP contribution in [0.1, 0.15) is 18.5 Å². The van der Waals surface area contributed by atoms with Gasteiger partial charge in [0.05, 0.1) is 18.8 Å². The standard InChI is InChI=1S/C13H15FN2O/c1-10-9-16(5-6-17-10)13(8-15)11-3-2-4-12(14)7-11/h2-4,7,10,13H,5-6,9H2,1H3/t10-,13+/m1/s1. The predicted octanol–water partition coefficient (Wildman–Crippen LogP) is 2.11. The maximum absolute atomic E-state index is 13.2. The highest BCUT2D eigenvalue weighted by atomic mass is 19.1. The Labute approximate surface area is 100 Å². The summed E-state index contributed by atoms with van der Waals surface area (Å²) < 4.78 is 18.6. The van der Waals surface area contributed by atoms with Gasteiger partial charge in [0.1, 0.15) is 11.9 Å². The lowest BCUT2D eigenvalue weighted by Gasteiger charge is -2.34. The van der Waals surface area contributed by atoms with Crippen molar-refractivity contribution in [2.24, 2.45) is 0 Å². The van der Waals surface area contributed by atoms with Crippen molar-refractivity contribution >= 4 is 0 Å². The zero-order valence-electron chi connectivity index (χ0n) is 9.77. The number of ether oxygens (including phenoxy) is 1. The second-order valence-corrected chi connectivity index (χ2v) is 4.26. The Balaban J connectivity index is 2.19. The first-order valence-corrected chi connectivity index (χ1v) is 5.71. The van der Waals surface area contributed by atoms with Gasteiger partial charge in [0.15, 0.2) is 0 Å². The van der Waals surface area contributed by atoms with Crippen molar-refractivity contribution in [1.29, 1.82) is 5.26 Å². The molecule has 0 spiro atoms. The van der Waals surface area contributed by atoms with E-state index in [2.05, 4.69) is 6.07 Å². The van der Waals surface area contributed by atoms with Crippen molar-refractivity contribution in [3.8, 4) is 6.07 Å². The lowest BCUT2D eigenvalue weighted by atomic mass is 10.1. The summed E-state index contributed by atoms with van der Waals surface area (Å²) in [5.74, 6) is -0.302. The largest absolute Gasteiger partial charge is 0.376 e. The van der Waals surface area contributed by atoms with Gasteiger partial charge in [-0.05, 0) is 24.6 Å². The van der Waals surface area contributed by atoms with Gasteiger partial charge in [-0.15, -0.1) is 0 Å². The molecule has 1 saturated heterocycles. The predicted molar refractivity (Wildman–Crippen MR) is 61.7 cm³/mol. The molecule has 1 heterocycles. The van der Waals surface area contributed by atoms with E-state index in [0.29, 0.717) is 25.3 Å². The third-order valence-electron chi connectivity index (χ3n) is 2.92. The Hall–Kier alpha value is -1.44. The smallest absolute Gasteiger partial charge is 0.124 e. The summed E-state index contributed by atoms with van der Waals surface area (Å²) in [6.45, 7) is 4.01. The SMILES string of the molecule is C[C@@H]1CN([C@@H](C#N)c2cccc(F)c2)CCO1. The summed E-state index contributed by atoms with van der Waals surface area (Å²) in [5.41, 5.74) is 0.710. The molecule has 0 aromatic heterocycles. The fourth-order valence-electron chi connectivity index (χ4n) is 2.12. The van der Waals surface area contributed by atoms with Gasteiger partial charge in [-0.25, -0.2) is 4.39 Å². The van der Waals surface area contributed by atoms with Crippen LogP contribution in [0.4, 0.5) is 4.39 Å². The number of rotatable bonds is 2. The molecule has 2 rings (SSSR count). The third kappa shape index (κ3) is 2.82. The molecule has 3 nitrogen and oxygen atoms in total. The van der Waals surface area contributed by atoms with Crippen LogP contribution in [-0.4, -0.2) is 30.7 Å². The highest BCUT2D eigenvalue weighted by Gasteiger charge is 2.25. The van der Waals surface area contributed by atoms with Crippen LogP contribution in [0.15, 0.2) is 24.3 Å². The lowest BCUT2D eigenvalue weighted by Crippen LogP contribution is -2.42. The molecule has 0 unspecified atom stereocenters. The first-order chi connectivity index (χ1) is 8.20. The highest BCUT2D eigenvalue weighted by molar-refractivity contribution is 5.25. The Morgan fingerprint density at radius 3 is 3.06 bits per heavy atom. The van der Waals surface area contributed by atoms with Crippen molar-refractivity contribution in [2.75, 3.05) is 19.7 Å². The number of hydrogen-bond donors (Lipinski definition) is 0. The van der Waals surface area contributed by atoms with Crippen molar-refractivity contribution in [3.63, 3.8) is 0 Å². The monoisotopic (exact) mass is 234 g/mol. The van der Waals surface area contributed by atoms with E-state index in [0.717, 1.165) is 0 Å². The molecule has 0 bridgehead atoms. The van der Waals surface area contributed by atoms with E-state index in [1.54, 1.807) is 12.1 Å². The van der Waals surface area contributed by atoms with Crippen LogP contribution in [0.3, 0.4) is 0 Å². The van der Waals surface area contributed by atoms with Gasteiger partial charge < -0.3 is 4.74 Å². The third-order valence-corrected chi connectivity index (χ3v) is 2.92. The van der Waals surface area contributed by atoms with Crippen molar-refractivity contribution in [2.45, 2.75) is 19.1 Å². The van der Waals surface area contributed by atoms with E-state index < -0.39 is 6.04 Å². The Morgan fingerprint density at radius 1 is 1.59 bits per heavy atom. The Morgan fingerprint density at radius 2 is 2.41 bits per heavy atom. The van der Waals surface area contributed by atoms with Crippen LogP contribution in [0, 0.1) is 17.1 Å². The highest BCUT2D eigenvalue weighted by Crippen LogP contribution is 2.22. The number of benzene rings is 1. The number of nitriles is 1. The minimum atomic E-state index is -0.392. The molecule has 1 aromatic carbocycles. The number of nitrogens with zero attached hydrogens (tertiary/aromatic N) is 2. The average Bonchev–Trinajstić information content (AvgIpc) is 2.30. The van der Waals surface area contributed by atoms with E-state index in [1.165, 1.54) is 12.1 Å². The zero-order chi connectivity index (χ0) is 12.3. The van der Waals surface area contributed by atoms with E-state index in [-0.39, 0.29) is 11.9 Å². The van der Waals surface area contributed by atoms with Crippen LogP contribution in [0.25, 0.3) is 0 Å². The second kappa shape index (κ2) is 5.26. The first-order valence-electron chi connectivity index (χ1n) is 5.71. The van der Waals surface area contributed by atoms with E-state index >= 15 is 0 Å². The van der Waals surface area contributed by atoms with Crippen molar-refractivity contribution in [3.05, 3.63) is 35.6 Å². The quantitative estimate of drug-likeness (QED) is 0.786. The summed E-state index contributed by atoms with van der Waals surface area (Å²) in [7, 11) is 0. The molecule has 2 atom stereocenters. The lowest BCUT2D eigenvalue weighted by molar-refractivity contribution is -0.0269. The van der Waals surface area contributed by atoms with Gasteiger partial charge in [-0.1, -0.05) is 12.1 Å². The number of hydrogen-bond acceptors (Lipinski definition) is 3. The molecule has 0 radical (unpaired) electrons.